The second-order valence-electron chi connectivity index (χ2n) is 12.5. The first-order valence-electron chi connectivity index (χ1n) is 14.1. The monoisotopic (exact) mass is 512 g/mol. The number of ether oxygens (including phenoxy) is 3. The zero-order chi connectivity index (χ0) is 28.0. The van der Waals surface area contributed by atoms with Gasteiger partial charge in [0, 0.05) is 0 Å². The van der Waals surface area contributed by atoms with Crippen molar-refractivity contribution in [1.82, 2.24) is 0 Å². The van der Waals surface area contributed by atoms with Gasteiger partial charge in [-0.2, -0.15) is 0 Å². The summed E-state index contributed by atoms with van der Waals surface area (Å²) in [6.07, 6.45) is 8.58. The fourth-order valence-electron chi connectivity index (χ4n) is 3.84. The van der Waals surface area contributed by atoms with Gasteiger partial charge in [0.15, 0.2) is 0 Å². The molecule has 0 heterocycles. The number of hydrogen-bond acceptors (Lipinski definition) is 6. The first-order valence-corrected chi connectivity index (χ1v) is 14.1. The maximum atomic E-state index is 12.9. The highest BCUT2D eigenvalue weighted by Crippen LogP contribution is 2.32. The summed E-state index contributed by atoms with van der Waals surface area (Å²) in [4.78, 5) is 38.8. The van der Waals surface area contributed by atoms with Gasteiger partial charge in [0.25, 0.3) is 0 Å². The summed E-state index contributed by atoms with van der Waals surface area (Å²) in [5.41, 5.74) is -2.61. The number of hydrogen-bond donors (Lipinski definition) is 0. The van der Waals surface area contributed by atoms with Crippen molar-refractivity contribution in [1.29, 1.82) is 0 Å². The Labute approximate surface area is 221 Å². The highest BCUT2D eigenvalue weighted by Gasteiger charge is 2.40. The Morgan fingerprint density at radius 3 is 0.944 bits per heavy atom. The van der Waals surface area contributed by atoms with E-state index in [0.717, 1.165) is 57.8 Å². The van der Waals surface area contributed by atoms with Gasteiger partial charge in [0.05, 0.1) is 21.7 Å². The van der Waals surface area contributed by atoms with E-state index in [-0.39, 0.29) is 37.7 Å². The molecule has 0 atom stereocenters. The number of unbranched alkanes of at least 4 members (excludes halogenated alkanes) is 3. The van der Waals surface area contributed by atoms with Gasteiger partial charge < -0.3 is 14.2 Å². The van der Waals surface area contributed by atoms with Gasteiger partial charge >= 0.3 is 17.9 Å². The van der Waals surface area contributed by atoms with Crippen molar-refractivity contribution in [2.24, 2.45) is 21.7 Å². The van der Waals surface area contributed by atoms with Crippen LogP contribution in [0.25, 0.3) is 0 Å². The Hall–Kier alpha value is -1.59. The molecule has 0 spiro atoms. The standard InChI is InChI=1S/C30H56O6/c1-11-15-18-27(5,6)24(31)34-21-30(14-4,22-35-25(32)28(7,8)19-16-12-2)23-36-26(33)29(9,10)20-17-13-3/h11-23H2,1-10H3. The topological polar surface area (TPSA) is 78.9 Å². The highest BCUT2D eigenvalue weighted by atomic mass is 16.6. The molecule has 6 heteroatoms. The van der Waals surface area contributed by atoms with Gasteiger partial charge in [0.1, 0.15) is 19.8 Å². The van der Waals surface area contributed by atoms with E-state index in [1.54, 1.807) is 0 Å². The summed E-state index contributed by atoms with van der Waals surface area (Å²) in [6.45, 7) is 19.7. The third-order valence-corrected chi connectivity index (χ3v) is 7.40. The SMILES string of the molecule is CCCCC(C)(C)C(=O)OCC(CC)(COC(=O)C(C)(C)CCCC)COC(=O)C(C)(C)CCCC. The van der Waals surface area contributed by atoms with Crippen LogP contribution in [0.3, 0.4) is 0 Å². The van der Waals surface area contributed by atoms with E-state index >= 15 is 0 Å². The molecule has 0 N–H and O–H groups in total. The van der Waals surface area contributed by atoms with Crippen molar-refractivity contribution in [2.45, 2.75) is 133 Å². The van der Waals surface area contributed by atoms with Gasteiger partial charge in [-0.3, -0.25) is 14.4 Å². The lowest BCUT2D eigenvalue weighted by atomic mass is 9.85. The molecule has 0 saturated heterocycles. The number of carbonyl (C=O) groups is 3. The molecule has 0 aliphatic heterocycles. The third-order valence-electron chi connectivity index (χ3n) is 7.40. The molecule has 0 bridgehead atoms. The molecule has 0 aromatic heterocycles. The molecule has 0 radical (unpaired) electrons. The molecule has 0 saturated carbocycles. The van der Waals surface area contributed by atoms with Crippen molar-refractivity contribution >= 4 is 17.9 Å². The Kier molecular flexibility index (Phi) is 14.9. The minimum Gasteiger partial charge on any atom is -0.464 e. The Morgan fingerprint density at radius 2 is 0.750 bits per heavy atom. The smallest absolute Gasteiger partial charge is 0.311 e. The molecule has 0 unspecified atom stereocenters. The molecule has 6 nitrogen and oxygen atoms in total. The number of carbonyl (C=O) groups excluding carboxylic acids is 3. The van der Waals surface area contributed by atoms with Gasteiger partial charge in [0.2, 0.25) is 0 Å². The molecule has 0 fully saturated rings. The first-order chi connectivity index (χ1) is 16.6. The molecule has 0 aromatic carbocycles. The molecule has 0 rings (SSSR count). The van der Waals surface area contributed by atoms with Crippen LogP contribution in [0.1, 0.15) is 133 Å². The average molecular weight is 513 g/mol. The van der Waals surface area contributed by atoms with Crippen LogP contribution in [0.4, 0.5) is 0 Å². The van der Waals surface area contributed by atoms with Crippen LogP contribution in [0.15, 0.2) is 0 Å². The summed E-state index contributed by atoms with van der Waals surface area (Å²) in [5, 5.41) is 0. The summed E-state index contributed by atoms with van der Waals surface area (Å²) >= 11 is 0. The lowest BCUT2D eigenvalue weighted by Crippen LogP contribution is -2.43. The second-order valence-corrected chi connectivity index (χ2v) is 12.5. The van der Waals surface area contributed by atoms with Crippen molar-refractivity contribution in [3.8, 4) is 0 Å². The Bertz CT molecular complexity index is 589. The molecule has 0 amide bonds. The van der Waals surface area contributed by atoms with E-state index in [1.165, 1.54) is 0 Å². The quantitative estimate of drug-likeness (QED) is 0.131. The van der Waals surface area contributed by atoms with Crippen LogP contribution in [0.2, 0.25) is 0 Å². The van der Waals surface area contributed by atoms with Crippen molar-refractivity contribution in [3.63, 3.8) is 0 Å². The van der Waals surface area contributed by atoms with Crippen LogP contribution in [-0.2, 0) is 28.6 Å². The molecular weight excluding hydrogens is 456 g/mol. The molecular formula is C30H56O6. The maximum Gasteiger partial charge on any atom is 0.311 e. The van der Waals surface area contributed by atoms with Crippen LogP contribution in [0.5, 0.6) is 0 Å². The lowest BCUT2D eigenvalue weighted by Gasteiger charge is -2.35. The minimum atomic E-state index is -0.802. The molecule has 212 valence electrons. The van der Waals surface area contributed by atoms with Crippen LogP contribution < -0.4 is 0 Å². The lowest BCUT2D eigenvalue weighted by molar-refractivity contribution is -0.174. The minimum absolute atomic E-state index is 0.0310. The van der Waals surface area contributed by atoms with Gasteiger partial charge in [-0.25, -0.2) is 0 Å². The zero-order valence-electron chi connectivity index (χ0n) is 25.1. The Morgan fingerprint density at radius 1 is 0.500 bits per heavy atom. The van der Waals surface area contributed by atoms with Crippen molar-refractivity contribution in [3.05, 3.63) is 0 Å². The fourth-order valence-corrected chi connectivity index (χ4v) is 3.84. The predicted octanol–water partition coefficient (Wildman–Crippen LogP) is 7.66. The zero-order valence-corrected chi connectivity index (χ0v) is 25.1. The normalized spacial score (nSPS) is 12.8. The predicted molar refractivity (Wildman–Crippen MR) is 146 cm³/mol. The summed E-state index contributed by atoms with van der Waals surface area (Å²) in [7, 11) is 0. The largest absolute Gasteiger partial charge is 0.464 e. The van der Waals surface area contributed by atoms with E-state index in [1.807, 2.05) is 48.5 Å². The second kappa shape index (κ2) is 15.6. The molecule has 0 aliphatic carbocycles. The molecule has 36 heavy (non-hydrogen) atoms. The molecule has 0 aliphatic rings. The van der Waals surface area contributed by atoms with Crippen LogP contribution in [0, 0.1) is 21.7 Å². The average Bonchev–Trinajstić information content (AvgIpc) is 2.84. The van der Waals surface area contributed by atoms with Crippen molar-refractivity contribution < 1.29 is 28.6 Å². The summed E-state index contributed by atoms with van der Waals surface area (Å²) < 4.78 is 17.4. The summed E-state index contributed by atoms with van der Waals surface area (Å²) in [5.74, 6) is -0.839. The Balaban J connectivity index is 5.61. The van der Waals surface area contributed by atoms with E-state index in [4.69, 9.17) is 14.2 Å². The number of rotatable bonds is 19. The fraction of sp³-hybridized carbons (Fsp3) is 0.900. The first kappa shape index (κ1) is 34.4. The summed E-state index contributed by atoms with van der Waals surface area (Å²) in [6, 6.07) is 0. The van der Waals surface area contributed by atoms with E-state index in [9.17, 15) is 14.4 Å². The van der Waals surface area contributed by atoms with Crippen LogP contribution in [-0.4, -0.2) is 37.7 Å². The van der Waals surface area contributed by atoms with E-state index in [2.05, 4.69) is 20.8 Å². The van der Waals surface area contributed by atoms with E-state index in [0.29, 0.717) is 6.42 Å². The van der Waals surface area contributed by atoms with Crippen LogP contribution >= 0.6 is 0 Å². The van der Waals surface area contributed by atoms with Crippen molar-refractivity contribution in [2.75, 3.05) is 19.8 Å². The maximum absolute atomic E-state index is 12.9. The molecule has 0 aromatic rings. The number of esters is 3. The third kappa shape index (κ3) is 11.6. The van der Waals surface area contributed by atoms with E-state index < -0.39 is 21.7 Å². The van der Waals surface area contributed by atoms with Gasteiger partial charge in [-0.05, 0) is 67.2 Å². The highest BCUT2D eigenvalue weighted by molar-refractivity contribution is 5.77. The van der Waals surface area contributed by atoms with Gasteiger partial charge in [-0.15, -0.1) is 0 Å². The van der Waals surface area contributed by atoms with Gasteiger partial charge in [-0.1, -0.05) is 66.2 Å².